The molecule has 2 aromatic carbocycles. The number of esters is 1. The minimum absolute atomic E-state index is 0.317. The summed E-state index contributed by atoms with van der Waals surface area (Å²) < 4.78 is 5.18. The molecular formula is C23H27ClN2O4S. The summed E-state index contributed by atoms with van der Waals surface area (Å²) >= 11 is 7.68. The molecule has 1 unspecified atom stereocenters. The van der Waals surface area contributed by atoms with Gasteiger partial charge in [0.25, 0.3) is 5.91 Å². The van der Waals surface area contributed by atoms with Crippen molar-refractivity contribution >= 4 is 46.8 Å². The summed E-state index contributed by atoms with van der Waals surface area (Å²) in [6, 6.07) is 12.4. The number of benzene rings is 2. The molecule has 0 aromatic heterocycles. The number of unbranched alkanes of at least 4 members (excludes halogenated alkanes) is 1. The fourth-order valence-corrected chi connectivity index (χ4v) is 3.39. The van der Waals surface area contributed by atoms with Gasteiger partial charge in [-0.15, -0.1) is 0 Å². The second-order valence-corrected chi connectivity index (χ2v) is 8.24. The lowest BCUT2D eigenvalue weighted by atomic mass is 10.1. The van der Waals surface area contributed by atoms with Gasteiger partial charge < -0.3 is 15.4 Å². The first-order chi connectivity index (χ1) is 15.0. The van der Waals surface area contributed by atoms with Crippen LogP contribution in [0.5, 0.6) is 0 Å². The number of anilines is 1. The molecule has 0 aliphatic carbocycles. The highest BCUT2D eigenvalue weighted by molar-refractivity contribution is 7.98. The Morgan fingerprint density at radius 2 is 1.81 bits per heavy atom. The van der Waals surface area contributed by atoms with Gasteiger partial charge in [0, 0.05) is 5.69 Å². The highest BCUT2D eigenvalue weighted by Crippen LogP contribution is 2.16. The van der Waals surface area contributed by atoms with E-state index < -0.39 is 17.9 Å². The predicted molar refractivity (Wildman–Crippen MR) is 126 cm³/mol. The second-order valence-electron chi connectivity index (χ2n) is 6.84. The van der Waals surface area contributed by atoms with Crippen LogP contribution in [0, 0.1) is 0 Å². The molecular weight excluding hydrogens is 436 g/mol. The van der Waals surface area contributed by atoms with Crippen LogP contribution >= 0.6 is 23.4 Å². The first kappa shape index (κ1) is 24.8. The normalized spacial score (nSPS) is 11.5. The van der Waals surface area contributed by atoms with E-state index in [0.29, 0.717) is 40.6 Å². The summed E-state index contributed by atoms with van der Waals surface area (Å²) in [5.41, 5.74) is 1.26. The van der Waals surface area contributed by atoms with Crippen molar-refractivity contribution < 1.29 is 19.1 Å². The summed E-state index contributed by atoms with van der Waals surface area (Å²) in [6.07, 6.45) is 4.16. The molecule has 0 bridgehead atoms. The van der Waals surface area contributed by atoms with Crippen molar-refractivity contribution in [3.63, 3.8) is 0 Å². The van der Waals surface area contributed by atoms with Crippen LogP contribution in [0.15, 0.2) is 48.5 Å². The van der Waals surface area contributed by atoms with Crippen LogP contribution in [0.1, 0.15) is 46.9 Å². The monoisotopic (exact) mass is 462 g/mol. The molecule has 0 fully saturated rings. The third-order valence-corrected chi connectivity index (χ3v) is 5.44. The number of nitrogens with one attached hydrogen (secondary N) is 2. The molecule has 0 spiro atoms. The highest BCUT2D eigenvalue weighted by Gasteiger charge is 2.22. The molecule has 0 saturated carbocycles. The Balaban J connectivity index is 2.02. The zero-order chi connectivity index (χ0) is 22.6. The van der Waals surface area contributed by atoms with Crippen molar-refractivity contribution in [2.24, 2.45) is 0 Å². The van der Waals surface area contributed by atoms with Crippen molar-refractivity contribution in [1.29, 1.82) is 0 Å². The average Bonchev–Trinajstić information content (AvgIpc) is 2.77. The maximum atomic E-state index is 12.8. The van der Waals surface area contributed by atoms with Gasteiger partial charge in [0.05, 0.1) is 22.8 Å². The number of carbonyl (C=O) groups excluding carboxylic acids is 3. The van der Waals surface area contributed by atoms with Crippen molar-refractivity contribution in [2.75, 3.05) is 23.9 Å². The maximum Gasteiger partial charge on any atom is 0.338 e. The van der Waals surface area contributed by atoms with E-state index in [1.54, 1.807) is 60.3 Å². The summed E-state index contributed by atoms with van der Waals surface area (Å²) in [5.74, 6) is -0.440. The minimum atomic E-state index is -0.727. The summed E-state index contributed by atoms with van der Waals surface area (Å²) in [6.45, 7) is 2.41. The molecule has 8 heteroatoms. The number of hydrogen-bond donors (Lipinski definition) is 2. The first-order valence-corrected chi connectivity index (χ1v) is 11.9. The van der Waals surface area contributed by atoms with Crippen molar-refractivity contribution in [1.82, 2.24) is 5.32 Å². The van der Waals surface area contributed by atoms with Gasteiger partial charge in [-0.3, -0.25) is 9.59 Å². The number of thioether (sulfide) groups is 1. The Kier molecular flexibility index (Phi) is 10.4. The Labute approximate surface area is 192 Å². The Morgan fingerprint density at radius 1 is 1.10 bits per heavy atom. The van der Waals surface area contributed by atoms with Gasteiger partial charge in [0.1, 0.15) is 6.04 Å². The Bertz CT molecular complexity index is 889. The standard InChI is InChI=1S/C23H27ClN2O4S/c1-3-4-14-30-23(29)16-9-11-17(12-10-16)25-22(28)20(13-15-31-2)26-21(27)18-7-5-6-8-19(18)24/h5-12,20H,3-4,13-15H2,1-2H3,(H,25,28)(H,26,27). The fourth-order valence-electron chi connectivity index (χ4n) is 2.70. The van der Waals surface area contributed by atoms with Gasteiger partial charge in [-0.25, -0.2) is 4.79 Å². The number of rotatable bonds is 11. The van der Waals surface area contributed by atoms with Crippen molar-refractivity contribution in [2.45, 2.75) is 32.2 Å². The van der Waals surface area contributed by atoms with Crippen molar-refractivity contribution in [3.05, 3.63) is 64.7 Å². The lowest BCUT2D eigenvalue weighted by molar-refractivity contribution is -0.118. The minimum Gasteiger partial charge on any atom is -0.462 e. The molecule has 0 heterocycles. The quantitative estimate of drug-likeness (QED) is 0.370. The second kappa shape index (κ2) is 13.0. The number of halogens is 1. The first-order valence-electron chi connectivity index (χ1n) is 10.1. The Hall–Kier alpha value is -2.51. The fraction of sp³-hybridized carbons (Fsp3) is 0.348. The molecule has 6 nitrogen and oxygen atoms in total. The van der Waals surface area contributed by atoms with E-state index in [0.717, 1.165) is 12.8 Å². The molecule has 31 heavy (non-hydrogen) atoms. The van der Waals surface area contributed by atoms with E-state index in [2.05, 4.69) is 10.6 Å². The zero-order valence-electron chi connectivity index (χ0n) is 17.7. The predicted octanol–water partition coefficient (Wildman–Crippen LogP) is 4.79. The molecule has 0 saturated heterocycles. The van der Waals surface area contributed by atoms with E-state index >= 15 is 0 Å². The summed E-state index contributed by atoms with van der Waals surface area (Å²) in [5, 5.41) is 5.88. The average molecular weight is 463 g/mol. The van der Waals surface area contributed by atoms with Crippen LogP contribution < -0.4 is 10.6 Å². The van der Waals surface area contributed by atoms with E-state index in [4.69, 9.17) is 16.3 Å². The van der Waals surface area contributed by atoms with Gasteiger partial charge in [-0.1, -0.05) is 37.1 Å². The lowest BCUT2D eigenvalue weighted by Gasteiger charge is -2.18. The smallest absolute Gasteiger partial charge is 0.338 e. The van der Waals surface area contributed by atoms with E-state index in [-0.39, 0.29) is 5.91 Å². The van der Waals surface area contributed by atoms with E-state index in [1.807, 2.05) is 13.2 Å². The molecule has 0 aliphatic heterocycles. The Morgan fingerprint density at radius 3 is 2.45 bits per heavy atom. The topological polar surface area (TPSA) is 84.5 Å². The van der Waals surface area contributed by atoms with Crippen LogP contribution in [-0.2, 0) is 9.53 Å². The number of ether oxygens (including phenoxy) is 1. The third kappa shape index (κ3) is 7.92. The van der Waals surface area contributed by atoms with Gasteiger partial charge in [-0.05, 0) is 61.2 Å². The van der Waals surface area contributed by atoms with Gasteiger partial charge in [0.15, 0.2) is 0 Å². The SMILES string of the molecule is CCCCOC(=O)c1ccc(NC(=O)C(CCSC)NC(=O)c2ccccc2Cl)cc1. The molecule has 166 valence electrons. The van der Waals surface area contributed by atoms with Gasteiger partial charge in [0.2, 0.25) is 5.91 Å². The molecule has 2 rings (SSSR count). The van der Waals surface area contributed by atoms with Crippen LogP contribution in [0.25, 0.3) is 0 Å². The van der Waals surface area contributed by atoms with E-state index in [1.165, 1.54) is 0 Å². The third-order valence-electron chi connectivity index (χ3n) is 4.47. The van der Waals surface area contributed by atoms with Crippen molar-refractivity contribution in [3.8, 4) is 0 Å². The number of amides is 2. The molecule has 1 atom stereocenters. The summed E-state index contributed by atoms with van der Waals surface area (Å²) in [7, 11) is 0. The van der Waals surface area contributed by atoms with Crippen LogP contribution in [0.2, 0.25) is 5.02 Å². The molecule has 0 aliphatic rings. The zero-order valence-corrected chi connectivity index (χ0v) is 19.2. The molecule has 2 amide bonds. The van der Waals surface area contributed by atoms with Crippen LogP contribution in [0.4, 0.5) is 5.69 Å². The highest BCUT2D eigenvalue weighted by atomic mass is 35.5. The number of carbonyl (C=O) groups is 3. The van der Waals surface area contributed by atoms with Crippen LogP contribution in [0.3, 0.4) is 0 Å². The maximum absolute atomic E-state index is 12.8. The van der Waals surface area contributed by atoms with E-state index in [9.17, 15) is 14.4 Å². The molecule has 2 N–H and O–H groups in total. The lowest BCUT2D eigenvalue weighted by Crippen LogP contribution is -2.44. The number of hydrogen-bond acceptors (Lipinski definition) is 5. The summed E-state index contributed by atoms with van der Waals surface area (Å²) in [4.78, 5) is 37.4. The van der Waals surface area contributed by atoms with Gasteiger partial charge in [-0.2, -0.15) is 11.8 Å². The molecule has 0 radical (unpaired) electrons. The van der Waals surface area contributed by atoms with Gasteiger partial charge >= 0.3 is 5.97 Å². The van der Waals surface area contributed by atoms with Crippen LogP contribution in [-0.4, -0.2) is 42.4 Å². The molecule has 2 aromatic rings. The largest absolute Gasteiger partial charge is 0.462 e.